The molecule has 2 atom stereocenters. The zero-order chi connectivity index (χ0) is 14.3. The molecule has 0 aliphatic carbocycles. The lowest BCUT2D eigenvalue weighted by atomic mass is 10.0. The van der Waals surface area contributed by atoms with Gasteiger partial charge < -0.3 is 5.32 Å². The van der Waals surface area contributed by atoms with Gasteiger partial charge in [0.1, 0.15) is 0 Å². The highest BCUT2D eigenvalue weighted by Gasteiger charge is 2.35. The molecule has 0 saturated carbocycles. The van der Waals surface area contributed by atoms with Crippen LogP contribution in [0.4, 0.5) is 0 Å². The Balaban J connectivity index is 0.00000161. The molecular formula is C14H20BrClN2O2S. The number of hydrogen-bond donors (Lipinski definition) is 2. The van der Waals surface area contributed by atoms with E-state index in [1.807, 2.05) is 13.0 Å². The molecule has 2 aliphatic heterocycles. The fraction of sp³-hybridized carbons (Fsp3) is 0.571. The predicted octanol–water partition coefficient (Wildman–Crippen LogP) is 2.74. The van der Waals surface area contributed by atoms with Gasteiger partial charge in [0.25, 0.3) is 0 Å². The first-order valence-electron chi connectivity index (χ1n) is 6.98. The molecule has 0 aromatic heterocycles. The molecule has 21 heavy (non-hydrogen) atoms. The molecule has 2 heterocycles. The minimum Gasteiger partial charge on any atom is -0.311 e. The minimum atomic E-state index is -3.46. The number of sulfonamides is 1. The van der Waals surface area contributed by atoms with E-state index in [0.29, 0.717) is 21.5 Å². The van der Waals surface area contributed by atoms with E-state index in [0.717, 1.165) is 31.2 Å². The number of hydrogen-bond acceptors (Lipinski definition) is 3. The average molecular weight is 396 g/mol. The van der Waals surface area contributed by atoms with Gasteiger partial charge in [-0.2, -0.15) is 0 Å². The molecule has 0 amide bonds. The molecule has 2 aliphatic rings. The van der Waals surface area contributed by atoms with Crippen molar-refractivity contribution in [1.82, 2.24) is 10.0 Å². The van der Waals surface area contributed by atoms with Gasteiger partial charge in [0.2, 0.25) is 10.0 Å². The van der Waals surface area contributed by atoms with Crippen LogP contribution in [0.3, 0.4) is 0 Å². The van der Waals surface area contributed by atoms with Gasteiger partial charge in [0.05, 0.1) is 4.90 Å². The number of rotatable bonds is 3. The largest absolute Gasteiger partial charge is 0.311 e. The Hall–Kier alpha value is -0.140. The van der Waals surface area contributed by atoms with Crippen LogP contribution in [-0.2, 0) is 10.0 Å². The molecule has 0 spiro atoms. The second-order valence-electron chi connectivity index (χ2n) is 5.86. The van der Waals surface area contributed by atoms with Gasteiger partial charge >= 0.3 is 0 Å². The molecule has 4 nitrogen and oxygen atoms in total. The maximum atomic E-state index is 12.5. The summed E-state index contributed by atoms with van der Waals surface area (Å²) in [7, 11) is -3.46. The van der Waals surface area contributed by atoms with Gasteiger partial charge in [-0.25, -0.2) is 13.1 Å². The zero-order valence-corrected chi connectivity index (χ0v) is 15.0. The smallest absolute Gasteiger partial charge is 0.241 e. The van der Waals surface area contributed by atoms with Gasteiger partial charge in [-0.15, -0.1) is 12.4 Å². The second kappa shape index (κ2) is 6.54. The van der Waals surface area contributed by atoms with E-state index in [2.05, 4.69) is 26.0 Å². The van der Waals surface area contributed by atoms with Gasteiger partial charge in [0, 0.05) is 22.6 Å². The molecule has 2 fully saturated rings. The summed E-state index contributed by atoms with van der Waals surface area (Å²) >= 11 is 3.34. The first-order chi connectivity index (χ1) is 9.44. The maximum Gasteiger partial charge on any atom is 0.241 e. The summed E-state index contributed by atoms with van der Waals surface area (Å²) in [5.41, 5.74) is 0.943. The Morgan fingerprint density at radius 3 is 2.48 bits per heavy atom. The number of fused-ring (bicyclic) bond motifs is 2. The van der Waals surface area contributed by atoms with Gasteiger partial charge in [0.15, 0.2) is 0 Å². The normalized spacial score (nSPS) is 28.2. The van der Waals surface area contributed by atoms with Crippen molar-refractivity contribution in [2.24, 2.45) is 0 Å². The van der Waals surface area contributed by atoms with E-state index in [-0.39, 0.29) is 18.4 Å². The van der Waals surface area contributed by atoms with Crippen molar-refractivity contribution in [2.75, 3.05) is 0 Å². The van der Waals surface area contributed by atoms with Gasteiger partial charge in [-0.1, -0.05) is 6.07 Å². The first kappa shape index (κ1) is 17.2. The third kappa shape index (κ3) is 3.79. The molecule has 7 heteroatoms. The highest BCUT2D eigenvalue weighted by Crippen LogP contribution is 2.29. The van der Waals surface area contributed by atoms with E-state index >= 15 is 0 Å². The Bertz CT molecular complexity index is 611. The third-order valence-electron chi connectivity index (χ3n) is 4.17. The lowest BCUT2D eigenvalue weighted by molar-refractivity contribution is 0.345. The van der Waals surface area contributed by atoms with Gasteiger partial charge in [-0.3, -0.25) is 0 Å². The van der Waals surface area contributed by atoms with Crippen LogP contribution in [0.1, 0.15) is 31.2 Å². The van der Waals surface area contributed by atoms with Crippen molar-refractivity contribution in [2.45, 2.75) is 55.6 Å². The monoisotopic (exact) mass is 394 g/mol. The molecule has 3 rings (SSSR count). The fourth-order valence-corrected chi connectivity index (χ4v) is 5.56. The molecule has 1 aromatic rings. The first-order valence-corrected chi connectivity index (χ1v) is 9.26. The van der Waals surface area contributed by atoms with Crippen molar-refractivity contribution in [3.8, 4) is 0 Å². The van der Waals surface area contributed by atoms with Crippen LogP contribution in [0, 0.1) is 6.92 Å². The van der Waals surface area contributed by atoms with E-state index in [4.69, 9.17) is 0 Å². The van der Waals surface area contributed by atoms with E-state index in [1.54, 1.807) is 12.1 Å². The minimum absolute atomic E-state index is 0. The molecule has 2 N–H and O–H groups in total. The van der Waals surface area contributed by atoms with Crippen molar-refractivity contribution in [3.63, 3.8) is 0 Å². The number of halogens is 2. The number of nitrogens with one attached hydrogen (secondary N) is 2. The van der Waals surface area contributed by atoms with Crippen molar-refractivity contribution in [3.05, 3.63) is 28.2 Å². The standard InChI is InChI=1S/C14H19BrN2O2S.ClH/c1-9-2-5-13(15)14(6-9)20(18,19)17-12-7-10-3-4-11(8-12)16-10;/h2,5-6,10-12,16-17H,3-4,7-8H2,1H3;1H. The molecule has 2 bridgehead atoms. The predicted molar refractivity (Wildman–Crippen MR) is 89.4 cm³/mol. The molecule has 118 valence electrons. The molecule has 2 unspecified atom stereocenters. The Kier molecular flexibility index (Phi) is 5.36. The summed E-state index contributed by atoms with van der Waals surface area (Å²) in [6.45, 7) is 1.90. The van der Waals surface area contributed by atoms with Crippen LogP contribution in [0.5, 0.6) is 0 Å². The SMILES string of the molecule is Cc1ccc(Br)c(S(=O)(=O)NC2CC3CCC(C2)N3)c1.Cl. The van der Waals surface area contributed by atoms with Crippen molar-refractivity contribution < 1.29 is 8.42 Å². The molecule has 1 aromatic carbocycles. The number of piperidine rings is 1. The Morgan fingerprint density at radius 2 is 1.86 bits per heavy atom. The second-order valence-corrected chi connectivity index (χ2v) is 8.40. The van der Waals surface area contributed by atoms with Gasteiger partial charge in [-0.05, 0) is 66.2 Å². The van der Waals surface area contributed by atoms with E-state index < -0.39 is 10.0 Å². The van der Waals surface area contributed by atoms with Crippen LogP contribution in [0.15, 0.2) is 27.6 Å². The Morgan fingerprint density at radius 1 is 1.24 bits per heavy atom. The summed E-state index contributed by atoms with van der Waals surface area (Å²) in [5.74, 6) is 0. The van der Waals surface area contributed by atoms with E-state index in [9.17, 15) is 8.42 Å². The maximum absolute atomic E-state index is 12.5. The van der Waals surface area contributed by atoms with E-state index in [1.165, 1.54) is 0 Å². The van der Waals surface area contributed by atoms with Crippen LogP contribution in [0.25, 0.3) is 0 Å². The lowest BCUT2D eigenvalue weighted by Crippen LogP contribution is -2.47. The third-order valence-corrected chi connectivity index (χ3v) is 6.69. The van der Waals surface area contributed by atoms with Crippen LogP contribution >= 0.6 is 28.3 Å². The Labute approximate surface area is 140 Å². The lowest BCUT2D eigenvalue weighted by Gasteiger charge is -2.29. The molecule has 2 saturated heterocycles. The number of benzene rings is 1. The van der Waals surface area contributed by atoms with Crippen LogP contribution in [0.2, 0.25) is 0 Å². The topological polar surface area (TPSA) is 58.2 Å². The highest BCUT2D eigenvalue weighted by atomic mass is 79.9. The summed E-state index contributed by atoms with van der Waals surface area (Å²) in [4.78, 5) is 0.336. The summed E-state index contributed by atoms with van der Waals surface area (Å²) in [5, 5.41) is 3.52. The average Bonchev–Trinajstić information content (AvgIpc) is 2.71. The van der Waals surface area contributed by atoms with Crippen LogP contribution < -0.4 is 10.0 Å². The summed E-state index contributed by atoms with van der Waals surface area (Å²) in [6.07, 6.45) is 4.10. The summed E-state index contributed by atoms with van der Waals surface area (Å²) < 4.78 is 28.6. The fourth-order valence-electron chi connectivity index (χ4n) is 3.25. The molecule has 0 radical (unpaired) electrons. The van der Waals surface area contributed by atoms with Crippen molar-refractivity contribution >= 4 is 38.4 Å². The summed E-state index contributed by atoms with van der Waals surface area (Å²) in [6, 6.07) is 6.39. The number of aryl methyl sites for hydroxylation is 1. The van der Waals surface area contributed by atoms with Crippen molar-refractivity contribution in [1.29, 1.82) is 0 Å². The zero-order valence-electron chi connectivity index (χ0n) is 11.8. The quantitative estimate of drug-likeness (QED) is 0.827. The highest BCUT2D eigenvalue weighted by molar-refractivity contribution is 9.10. The molecular weight excluding hydrogens is 376 g/mol. The van der Waals surface area contributed by atoms with Crippen LogP contribution in [-0.4, -0.2) is 26.5 Å².